The standard InChI is InChI=1S/C23H33N3O3S/c1-6-20-7-9-21(10-8-20)30(28,29)25-13-11-24(12-14-25)16-23(27)22-15-18(4)26(17(2)3)19(22)5/h7-10,15,17H,6,11-14,16H2,1-5H3. The number of Topliss-reactive ketones (excluding diaryl/α,β-unsaturated/α-hetero) is 1. The average Bonchev–Trinajstić information content (AvgIpc) is 3.02. The maximum Gasteiger partial charge on any atom is 0.243 e. The summed E-state index contributed by atoms with van der Waals surface area (Å²) in [5.74, 6) is 0.0986. The topological polar surface area (TPSA) is 62.6 Å². The van der Waals surface area contributed by atoms with Gasteiger partial charge in [0, 0.05) is 49.2 Å². The van der Waals surface area contributed by atoms with Gasteiger partial charge < -0.3 is 4.57 Å². The summed E-state index contributed by atoms with van der Waals surface area (Å²) in [6.45, 7) is 12.5. The van der Waals surface area contributed by atoms with Crippen molar-refractivity contribution in [3.05, 3.63) is 52.8 Å². The Morgan fingerprint density at radius 1 is 1.03 bits per heavy atom. The third-order valence-corrected chi connectivity index (χ3v) is 7.88. The van der Waals surface area contributed by atoms with E-state index in [1.807, 2.05) is 39.0 Å². The van der Waals surface area contributed by atoms with Gasteiger partial charge in [-0.1, -0.05) is 19.1 Å². The Morgan fingerprint density at radius 3 is 2.13 bits per heavy atom. The highest BCUT2D eigenvalue weighted by Crippen LogP contribution is 2.22. The van der Waals surface area contributed by atoms with E-state index in [1.165, 1.54) is 4.31 Å². The molecule has 0 spiro atoms. The van der Waals surface area contributed by atoms with Crippen LogP contribution in [-0.2, 0) is 16.4 Å². The fourth-order valence-electron chi connectivity index (χ4n) is 4.32. The van der Waals surface area contributed by atoms with Crippen molar-refractivity contribution in [3.8, 4) is 0 Å². The molecule has 1 aromatic carbocycles. The molecule has 0 bridgehead atoms. The second-order valence-electron chi connectivity index (χ2n) is 8.35. The van der Waals surface area contributed by atoms with Gasteiger partial charge in [0.25, 0.3) is 0 Å². The molecule has 1 fully saturated rings. The van der Waals surface area contributed by atoms with E-state index < -0.39 is 10.0 Å². The predicted molar refractivity (Wildman–Crippen MR) is 120 cm³/mol. The van der Waals surface area contributed by atoms with Crippen molar-refractivity contribution in [2.45, 2.75) is 52.0 Å². The van der Waals surface area contributed by atoms with E-state index in [4.69, 9.17) is 0 Å². The van der Waals surface area contributed by atoms with Crippen LogP contribution in [0, 0.1) is 13.8 Å². The number of aryl methyl sites for hydroxylation is 2. The molecular formula is C23H33N3O3S. The Balaban J connectivity index is 1.63. The molecule has 0 atom stereocenters. The minimum atomic E-state index is -3.49. The Kier molecular flexibility index (Phi) is 6.84. The summed E-state index contributed by atoms with van der Waals surface area (Å²) < 4.78 is 29.6. The van der Waals surface area contributed by atoms with Gasteiger partial charge in [0.1, 0.15) is 0 Å². The molecule has 6 nitrogen and oxygen atoms in total. The molecule has 2 heterocycles. The Morgan fingerprint density at radius 2 is 1.63 bits per heavy atom. The van der Waals surface area contributed by atoms with E-state index in [0.717, 1.165) is 28.9 Å². The maximum atomic E-state index is 12.9. The summed E-state index contributed by atoms with van der Waals surface area (Å²) in [6.07, 6.45) is 0.882. The highest BCUT2D eigenvalue weighted by molar-refractivity contribution is 7.89. The number of hydrogen-bond acceptors (Lipinski definition) is 4. The van der Waals surface area contributed by atoms with Gasteiger partial charge in [-0.15, -0.1) is 0 Å². The molecule has 0 amide bonds. The zero-order chi connectivity index (χ0) is 22.1. The van der Waals surface area contributed by atoms with Gasteiger partial charge in [-0.05, 0) is 57.9 Å². The molecule has 0 aliphatic carbocycles. The molecule has 0 N–H and O–H groups in total. The lowest BCUT2D eigenvalue weighted by Crippen LogP contribution is -2.49. The minimum Gasteiger partial charge on any atom is -0.346 e. The van der Waals surface area contributed by atoms with E-state index in [2.05, 4.69) is 23.3 Å². The van der Waals surface area contributed by atoms with Gasteiger partial charge in [-0.3, -0.25) is 9.69 Å². The molecule has 1 aromatic heterocycles. The van der Waals surface area contributed by atoms with E-state index in [0.29, 0.717) is 43.7 Å². The van der Waals surface area contributed by atoms with Crippen LogP contribution in [0.25, 0.3) is 0 Å². The van der Waals surface area contributed by atoms with Crippen LogP contribution in [-0.4, -0.2) is 60.7 Å². The van der Waals surface area contributed by atoms with Crippen LogP contribution < -0.4 is 0 Å². The number of hydrogen-bond donors (Lipinski definition) is 0. The molecule has 0 saturated carbocycles. The van der Waals surface area contributed by atoms with Crippen molar-refractivity contribution >= 4 is 15.8 Å². The highest BCUT2D eigenvalue weighted by atomic mass is 32.2. The SMILES string of the molecule is CCc1ccc(S(=O)(=O)N2CCN(CC(=O)c3cc(C)n(C(C)C)c3C)CC2)cc1. The van der Waals surface area contributed by atoms with Crippen LogP contribution in [0.3, 0.4) is 0 Å². The minimum absolute atomic E-state index is 0.0986. The van der Waals surface area contributed by atoms with Crippen LogP contribution in [0.15, 0.2) is 35.2 Å². The second kappa shape index (κ2) is 9.04. The molecule has 1 aliphatic heterocycles. The van der Waals surface area contributed by atoms with Gasteiger partial charge in [-0.2, -0.15) is 4.31 Å². The monoisotopic (exact) mass is 431 g/mol. The van der Waals surface area contributed by atoms with Gasteiger partial charge in [0.05, 0.1) is 11.4 Å². The van der Waals surface area contributed by atoms with Gasteiger partial charge in [0.15, 0.2) is 5.78 Å². The molecule has 2 aromatic rings. The number of carbonyl (C=O) groups excluding carboxylic acids is 1. The van der Waals surface area contributed by atoms with Crippen LogP contribution in [0.5, 0.6) is 0 Å². The van der Waals surface area contributed by atoms with Crippen molar-refractivity contribution in [2.24, 2.45) is 0 Å². The van der Waals surface area contributed by atoms with Crippen molar-refractivity contribution < 1.29 is 13.2 Å². The lowest BCUT2D eigenvalue weighted by molar-refractivity contribution is 0.0901. The quantitative estimate of drug-likeness (QED) is 0.630. The van der Waals surface area contributed by atoms with Crippen molar-refractivity contribution in [1.82, 2.24) is 13.8 Å². The number of piperazine rings is 1. The molecule has 1 aliphatic rings. The van der Waals surface area contributed by atoms with E-state index in [-0.39, 0.29) is 5.78 Å². The van der Waals surface area contributed by atoms with E-state index in [1.54, 1.807) is 12.1 Å². The van der Waals surface area contributed by atoms with E-state index >= 15 is 0 Å². The average molecular weight is 432 g/mol. The van der Waals surface area contributed by atoms with Gasteiger partial charge >= 0.3 is 0 Å². The van der Waals surface area contributed by atoms with Crippen LogP contribution >= 0.6 is 0 Å². The number of sulfonamides is 1. The first-order valence-corrected chi connectivity index (χ1v) is 12.1. The van der Waals surface area contributed by atoms with Crippen LogP contribution in [0.2, 0.25) is 0 Å². The largest absolute Gasteiger partial charge is 0.346 e. The van der Waals surface area contributed by atoms with Gasteiger partial charge in [0.2, 0.25) is 10.0 Å². The van der Waals surface area contributed by atoms with Crippen molar-refractivity contribution in [1.29, 1.82) is 0 Å². The summed E-state index contributed by atoms with van der Waals surface area (Å²) in [4.78, 5) is 15.3. The fourth-order valence-corrected chi connectivity index (χ4v) is 5.74. The summed E-state index contributed by atoms with van der Waals surface area (Å²) in [5.41, 5.74) is 3.99. The normalized spacial score (nSPS) is 16.3. The summed E-state index contributed by atoms with van der Waals surface area (Å²) in [6, 6.07) is 9.40. The molecule has 1 saturated heterocycles. The molecule has 3 rings (SSSR count). The Hall–Kier alpha value is -1.96. The fraction of sp³-hybridized carbons (Fsp3) is 0.522. The number of benzene rings is 1. The zero-order valence-electron chi connectivity index (χ0n) is 18.7. The number of aromatic nitrogens is 1. The molecule has 0 radical (unpaired) electrons. The first-order valence-electron chi connectivity index (χ1n) is 10.7. The molecule has 0 unspecified atom stereocenters. The Bertz CT molecular complexity index is 999. The molecule has 164 valence electrons. The number of ketones is 1. The predicted octanol–water partition coefficient (Wildman–Crippen LogP) is 3.44. The third kappa shape index (κ3) is 4.53. The second-order valence-corrected chi connectivity index (χ2v) is 10.3. The summed E-state index contributed by atoms with van der Waals surface area (Å²) >= 11 is 0. The van der Waals surface area contributed by atoms with Crippen molar-refractivity contribution in [2.75, 3.05) is 32.7 Å². The first kappa shape index (κ1) is 22.7. The lowest BCUT2D eigenvalue weighted by Gasteiger charge is -2.33. The number of nitrogens with zero attached hydrogens (tertiary/aromatic N) is 3. The molecule has 7 heteroatoms. The smallest absolute Gasteiger partial charge is 0.243 e. The highest BCUT2D eigenvalue weighted by Gasteiger charge is 2.29. The Labute approximate surface area is 180 Å². The summed E-state index contributed by atoms with van der Waals surface area (Å²) in [7, 11) is -3.49. The van der Waals surface area contributed by atoms with Gasteiger partial charge in [-0.25, -0.2) is 8.42 Å². The van der Waals surface area contributed by atoms with Crippen molar-refractivity contribution in [3.63, 3.8) is 0 Å². The van der Waals surface area contributed by atoms with Crippen LogP contribution in [0.4, 0.5) is 0 Å². The zero-order valence-corrected chi connectivity index (χ0v) is 19.5. The number of rotatable bonds is 7. The first-order chi connectivity index (χ1) is 14.1. The maximum absolute atomic E-state index is 12.9. The van der Waals surface area contributed by atoms with E-state index in [9.17, 15) is 13.2 Å². The van der Waals surface area contributed by atoms with Crippen LogP contribution in [0.1, 0.15) is 54.1 Å². The summed E-state index contributed by atoms with van der Waals surface area (Å²) in [5, 5.41) is 0. The lowest BCUT2D eigenvalue weighted by atomic mass is 10.1. The molecular weight excluding hydrogens is 398 g/mol. The number of carbonyl (C=O) groups is 1. The molecule has 30 heavy (non-hydrogen) atoms. The third-order valence-electron chi connectivity index (χ3n) is 5.97.